The second kappa shape index (κ2) is 4.71. The van der Waals surface area contributed by atoms with E-state index in [1.54, 1.807) is 12.1 Å². The van der Waals surface area contributed by atoms with Crippen LogP contribution in [0.1, 0.15) is 15.9 Å². The second-order valence-corrected chi connectivity index (χ2v) is 3.88. The highest BCUT2D eigenvalue weighted by molar-refractivity contribution is 5.99. The van der Waals surface area contributed by atoms with Crippen molar-refractivity contribution in [3.63, 3.8) is 0 Å². The first-order valence-corrected chi connectivity index (χ1v) is 5.36. The number of carboxylic acids is 1. The van der Waals surface area contributed by atoms with Crippen molar-refractivity contribution in [3.8, 4) is 11.1 Å². The van der Waals surface area contributed by atoms with E-state index in [1.807, 2.05) is 30.3 Å². The Morgan fingerprint density at radius 2 is 1.61 bits per heavy atom. The maximum atomic E-state index is 11.0. The Hall–Kier alpha value is -2.62. The molecule has 0 fully saturated rings. The number of rotatable bonds is 3. The summed E-state index contributed by atoms with van der Waals surface area (Å²) >= 11 is 0. The molecule has 0 spiro atoms. The lowest BCUT2D eigenvalue weighted by molar-refractivity contribution is 0.0697. The highest BCUT2D eigenvalue weighted by atomic mass is 16.4. The summed E-state index contributed by atoms with van der Waals surface area (Å²) in [5, 5.41) is 16.5. The number of carboxylic acid groups (broad SMARTS) is 1. The molecule has 18 heavy (non-hydrogen) atoms. The van der Waals surface area contributed by atoms with Crippen molar-refractivity contribution in [1.82, 2.24) is 0 Å². The van der Waals surface area contributed by atoms with Crippen LogP contribution in [0.3, 0.4) is 0 Å². The van der Waals surface area contributed by atoms with Crippen molar-refractivity contribution < 1.29 is 9.90 Å². The van der Waals surface area contributed by atoms with Crippen LogP contribution >= 0.6 is 0 Å². The summed E-state index contributed by atoms with van der Waals surface area (Å²) < 4.78 is 0. The molecule has 0 amide bonds. The van der Waals surface area contributed by atoms with Gasteiger partial charge in [0.05, 0.1) is 5.56 Å². The summed E-state index contributed by atoms with van der Waals surface area (Å²) in [4.78, 5) is 11.0. The number of nitrogens with one attached hydrogen (secondary N) is 1. The lowest BCUT2D eigenvalue weighted by Gasteiger charge is -2.07. The summed E-state index contributed by atoms with van der Waals surface area (Å²) in [5.74, 6) is -1.18. The molecule has 4 nitrogen and oxygen atoms in total. The van der Waals surface area contributed by atoms with E-state index in [4.69, 9.17) is 16.2 Å². The number of nitrogen functional groups attached to an aromatic ring is 1. The van der Waals surface area contributed by atoms with Gasteiger partial charge in [0, 0.05) is 5.56 Å². The van der Waals surface area contributed by atoms with E-state index in [0.29, 0.717) is 5.56 Å². The largest absolute Gasteiger partial charge is 0.478 e. The van der Waals surface area contributed by atoms with Crippen LogP contribution in [0.2, 0.25) is 0 Å². The van der Waals surface area contributed by atoms with Gasteiger partial charge < -0.3 is 10.8 Å². The zero-order valence-electron chi connectivity index (χ0n) is 9.55. The van der Waals surface area contributed by atoms with Gasteiger partial charge in [0.25, 0.3) is 0 Å². The Morgan fingerprint density at radius 3 is 2.17 bits per heavy atom. The number of aromatic carboxylic acids is 1. The van der Waals surface area contributed by atoms with Gasteiger partial charge in [-0.05, 0) is 29.3 Å². The van der Waals surface area contributed by atoms with Gasteiger partial charge >= 0.3 is 5.97 Å². The highest BCUT2D eigenvalue weighted by Gasteiger charge is 2.09. The lowest BCUT2D eigenvalue weighted by Crippen LogP contribution is -2.12. The Bertz CT molecular complexity index is 574. The molecule has 0 aromatic heterocycles. The van der Waals surface area contributed by atoms with Gasteiger partial charge in [-0.1, -0.05) is 30.3 Å². The number of hydrogen-bond donors (Lipinski definition) is 3. The van der Waals surface area contributed by atoms with E-state index < -0.39 is 5.97 Å². The Kier molecular flexibility index (Phi) is 3.10. The quantitative estimate of drug-likeness (QED) is 0.568. The molecule has 0 aliphatic carbocycles. The van der Waals surface area contributed by atoms with E-state index in [2.05, 4.69) is 0 Å². The molecule has 2 aromatic carbocycles. The van der Waals surface area contributed by atoms with Crippen LogP contribution in [0.4, 0.5) is 0 Å². The van der Waals surface area contributed by atoms with Gasteiger partial charge in [-0.3, -0.25) is 5.41 Å². The molecule has 0 radical (unpaired) electrons. The monoisotopic (exact) mass is 240 g/mol. The molecule has 4 heteroatoms. The van der Waals surface area contributed by atoms with Gasteiger partial charge in [0.1, 0.15) is 5.84 Å². The third-order valence-corrected chi connectivity index (χ3v) is 2.60. The van der Waals surface area contributed by atoms with E-state index in [0.717, 1.165) is 11.1 Å². The number of benzene rings is 2. The SMILES string of the molecule is N=C(N)c1cc(C(=O)O)cc(-c2ccccc2)c1. The fourth-order valence-electron chi connectivity index (χ4n) is 1.70. The molecule has 2 rings (SSSR count). The molecule has 0 saturated heterocycles. The number of hydrogen-bond acceptors (Lipinski definition) is 2. The molecule has 0 atom stereocenters. The van der Waals surface area contributed by atoms with Crippen LogP contribution in [0.15, 0.2) is 48.5 Å². The van der Waals surface area contributed by atoms with Crippen molar-refractivity contribution in [2.24, 2.45) is 5.73 Å². The molecule has 2 aromatic rings. The minimum absolute atomic E-state index is 0.126. The zero-order chi connectivity index (χ0) is 13.1. The van der Waals surface area contributed by atoms with Crippen molar-refractivity contribution in [2.45, 2.75) is 0 Å². The summed E-state index contributed by atoms with van der Waals surface area (Å²) in [5.41, 5.74) is 7.59. The third-order valence-electron chi connectivity index (χ3n) is 2.60. The lowest BCUT2D eigenvalue weighted by atomic mass is 9.99. The molecule has 0 aliphatic heterocycles. The maximum Gasteiger partial charge on any atom is 0.335 e. The molecule has 0 aliphatic rings. The summed E-state index contributed by atoms with van der Waals surface area (Å²) in [7, 11) is 0. The fraction of sp³-hybridized carbons (Fsp3) is 0. The Labute approximate surface area is 104 Å². The smallest absolute Gasteiger partial charge is 0.335 e. The van der Waals surface area contributed by atoms with E-state index >= 15 is 0 Å². The molecular formula is C14H12N2O2. The van der Waals surface area contributed by atoms with Crippen LogP contribution in [-0.4, -0.2) is 16.9 Å². The first kappa shape index (κ1) is 11.9. The van der Waals surface area contributed by atoms with Crippen LogP contribution < -0.4 is 5.73 Å². The predicted octanol–water partition coefficient (Wildman–Crippen LogP) is 2.34. The van der Waals surface area contributed by atoms with Gasteiger partial charge in [-0.15, -0.1) is 0 Å². The standard InChI is InChI=1S/C14H12N2O2/c15-13(16)11-6-10(7-12(8-11)14(17)18)9-4-2-1-3-5-9/h1-8H,(H3,15,16)(H,17,18). The first-order valence-electron chi connectivity index (χ1n) is 5.36. The van der Waals surface area contributed by atoms with Crippen LogP contribution in [0.25, 0.3) is 11.1 Å². The Balaban J connectivity index is 2.61. The molecular weight excluding hydrogens is 228 g/mol. The molecule has 4 N–H and O–H groups in total. The number of amidine groups is 1. The average molecular weight is 240 g/mol. The minimum atomic E-state index is -1.03. The molecule has 90 valence electrons. The fourth-order valence-corrected chi connectivity index (χ4v) is 1.70. The molecule has 0 bridgehead atoms. The van der Waals surface area contributed by atoms with E-state index in [-0.39, 0.29) is 11.4 Å². The average Bonchev–Trinajstić information content (AvgIpc) is 2.39. The normalized spacial score (nSPS) is 10.0. The summed E-state index contributed by atoms with van der Waals surface area (Å²) in [6.07, 6.45) is 0. The Morgan fingerprint density at radius 1 is 1.00 bits per heavy atom. The summed E-state index contributed by atoms with van der Waals surface area (Å²) in [6.45, 7) is 0. The second-order valence-electron chi connectivity index (χ2n) is 3.88. The molecule has 0 saturated carbocycles. The topological polar surface area (TPSA) is 87.2 Å². The highest BCUT2D eigenvalue weighted by Crippen LogP contribution is 2.22. The number of nitrogens with two attached hydrogens (primary N) is 1. The van der Waals surface area contributed by atoms with Crippen LogP contribution in [0, 0.1) is 5.41 Å². The van der Waals surface area contributed by atoms with Gasteiger partial charge in [-0.2, -0.15) is 0 Å². The van der Waals surface area contributed by atoms with E-state index in [9.17, 15) is 4.79 Å². The van der Waals surface area contributed by atoms with Gasteiger partial charge in [-0.25, -0.2) is 4.79 Å². The van der Waals surface area contributed by atoms with Crippen molar-refractivity contribution in [3.05, 3.63) is 59.7 Å². The predicted molar refractivity (Wildman–Crippen MR) is 69.9 cm³/mol. The van der Waals surface area contributed by atoms with Crippen molar-refractivity contribution >= 4 is 11.8 Å². The van der Waals surface area contributed by atoms with Gasteiger partial charge in [0.15, 0.2) is 0 Å². The third kappa shape index (κ3) is 2.38. The molecule has 0 unspecified atom stereocenters. The number of carbonyl (C=O) groups is 1. The van der Waals surface area contributed by atoms with Crippen LogP contribution in [0.5, 0.6) is 0 Å². The van der Waals surface area contributed by atoms with Crippen LogP contribution in [-0.2, 0) is 0 Å². The minimum Gasteiger partial charge on any atom is -0.478 e. The maximum absolute atomic E-state index is 11.0. The molecule has 0 heterocycles. The van der Waals surface area contributed by atoms with Gasteiger partial charge in [0.2, 0.25) is 0 Å². The zero-order valence-corrected chi connectivity index (χ0v) is 9.55. The van der Waals surface area contributed by atoms with E-state index in [1.165, 1.54) is 6.07 Å². The first-order chi connectivity index (χ1) is 8.58. The van der Waals surface area contributed by atoms with Crippen molar-refractivity contribution in [2.75, 3.05) is 0 Å². The van der Waals surface area contributed by atoms with Crippen molar-refractivity contribution in [1.29, 1.82) is 5.41 Å². The summed E-state index contributed by atoms with van der Waals surface area (Å²) in [6, 6.07) is 14.1.